The molecule has 0 aliphatic rings. The summed E-state index contributed by atoms with van der Waals surface area (Å²) in [5.74, 6) is -0.476. The lowest BCUT2D eigenvalue weighted by Crippen LogP contribution is -2.01. The summed E-state index contributed by atoms with van der Waals surface area (Å²) in [6.07, 6.45) is 3.53. The molecule has 0 fully saturated rings. The van der Waals surface area contributed by atoms with Crippen LogP contribution in [0.2, 0.25) is 5.15 Å². The van der Waals surface area contributed by atoms with Crippen LogP contribution in [0.1, 0.15) is 20.8 Å². The van der Waals surface area contributed by atoms with E-state index in [-0.39, 0.29) is 5.15 Å². The molecule has 0 atom stereocenters. The minimum Gasteiger partial charge on any atom is -0.465 e. The summed E-state index contributed by atoms with van der Waals surface area (Å²) in [5, 5.41) is 3.87. The third kappa shape index (κ3) is 3.21. The molecule has 0 aliphatic heterocycles. The first-order valence-electron chi connectivity index (χ1n) is 5.50. The summed E-state index contributed by atoms with van der Waals surface area (Å²) in [4.78, 5) is 19.8. The van der Waals surface area contributed by atoms with E-state index in [1.165, 1.54) is 18.4 Å². The lowest BCUT2D eigenvalue weighted by molar-refractivity contribution is 0.0606. The van der Waals surface area contributed by atoms with Gasteiger partial charge < -0.3 is 10.1 Å². The van der Waals surface area contributed by atoms with Crippen LogP contribution in [-0.2, 0) is 11.3 Å². The molecule has 2 aromatic heterocycles. The molecule has 0 unspecified atom stereocenters. The second kappa shape index (κ2) is 5.99. The van der Waals surface area contributed by atoms with Crippen LogP contribution in [0.5, 0.6) is 0 Å². The molecule has 100 valence electrons. The van der Waals surface area contributed by atoms with Crippen LogP contribution in [0.25, 0.3) is 0 Å². The summed E-state index contributed by atoms with van der Waals surface area (Å²) < 4.78 is 4.62. The number of hydrogen-bond acceptors (Lipinski definition) is 6. The van der Waals surface area contributed by atoms with Gasteiger partial charge in [0.15, 0.2) is 15.2 Å². The van der Waals surface area contributed by atoms with Gasteiger partial charge in [-0.05, 0) is 24.1 Å². The maximum atomic E-state index is 11.4. The number of anilines is 1. The van der Waals surface area contributed by atoms with Gasteiger partial charge in [-0.1, -0.05) is 22.9 Å². The van der Waals surface area contributed by atoms with E-state index < -0.39 is 5.97 Å². The Kier molecular flexibility index (Phi) is 4.34. The first kappa shape index (κ1) is 13.8. The normalized spacial score (nSPS) is 10.3. The zero-order valence-corrected chi connectivity index (χ0v) is 12.0. The summed E-state index contributed by atoms with van der Waals surface area (Å²) in [6.45, 7) is 2.58. The number of halogens is 1. The number of nitrogens with one attached hydrogen (secondary N) is 1. The molecule has 0 amide bonds. The van der Waals surface area contributed by atoms with E-state index in [1.807, 2.05) is 13.0 Å². The molecule has 7 heteroatoms. The summed E-state index contributed by atoms with van der Waals surface area (Å²) in [7, 11) is 1.31. The molecule has 0 aliphatic carbocycles. The predicted molar refractivity (Wildman–Crippen MR) is 74.8 cm³/mol. The van der Waals surface area contributed by atoms with Crippen LogP contribution >= 0.6 is 22.9 Å². The number of aromatic nitrogens is 2. The molecule has 2 heterocycles. The zero-order valence-electron chi connectivity index (χ0n) is 10.4. The van der Waals surface area contributed by atoms with Crippen molar-refractivity contribution in [2.24, 2.45) is 0 Å². The summed E-state index contributed by atoms with van der Waals surface area (Å²) >= 11 is 7.05. The Hall–Kier alpha value is -1.66. The van der Waals surface area contributed by atoms with Crippen molar-refractivity contribution < 1.29 is 9.53 Å². The van der Waals surface area contributed by atoms with Crippen LogP contribution in [0.3, 0.4) is 0 Å². The van der Waals surface area contributed by atoms with Crippen LogP contribution in [0.4, 0.5) is 5.13 Å². The number of methoxy groups -OCH3 is 1. The molecule has 0 aromatic carbocycles. The fourth-order valence-electron chi connectivity index (χ4n) is 1.47. The van der Waals surface area contributed by atoms with Crippen LogP contribution in [-0.4, -0.2) is 23.0 Å². The Balaban J connectivity index is 2.09. The quantitative estimate of drug-likeness (QED) is 0.879. The zero-order chi connectivity index (χ0) is 13.8. The van der Waals surface area contributed by atoms with Crippen molar-refractivity contribution in [3.63, 3.8) is 0 Å². The van der Waals surface area contributed by atoms with Crippen LogP contribution in [0.15, 0.2) is 18.5 Å². The highest BCUT2D eigenvalue weighted by Gasteiger charge is 2.17. The third-order valence-corrected chi connectivity index (χ3v) is 3.90. The molecule has 0 spiro atoms. The number of thiazole rings is 1. The van der Waals surface area contributed by atoms with Crippen molar-refractivity contribution in [3.05, 3.63) is 39.6 Å². The van der Waals surface area contributed by atoms with Crippen molar-refractivity contribution in [2.75, 3.05) is 12.4 Å². The van der Waals surface area contributed by atoms with Gasteiger partial charge in [-0.3, -0.25) is 4.98 Å². The van der Waals surface area contributed by atoms with E-state index in [1.54, 1.807) is 12.4 Å². The number of nitrogens with zero attached hydrogens (tertiary/aromatic N) is 2. The number of carbonyl (C=O) groups is 1. The standard InChI is InChI=1S/C12H12ClN3O2S/c1-7-5-14-4-3-8(7)6-15-12-16-10(13)9(19-12)11(17)18-2/h3-5H,6H2,1-2H3,(H,15,16). The highest BCUT2D eigenvalue weighted by atomic mass is 35.5. The van der Waals surface area contributed by atoms with Gasteiger partial charge in [-0.15, -0.1) is 0 Å². The highest BCUT2D eigenvalue weighted by Crippen LogP contribution is 2.27. The Morgan fingerprint density at radius 3 is 3.05 bits per heavy atom. The van der Waals surface area contributed by atoms with E-state index in [0.29, 0.717) is 16.6 Å². The fourth-order valence-corrected chi connectivity index (χ4v) is 2.57. The Morgan fingerprint density at radius 1 is 1.58 bits per heavy atom. The first-order valence-corrected chi connectivity index (χ1v) is 6.69. The van der Waals surface area contributed by atoms with Gasteiger partial charge in [0.1, 0.15) is 0 Å². The van der Waals surface area contributed by atoms with Gasteiger partial charge in [0.2, 0.25) is 0 Å². The fraction of sp³-hybridized carbons (Fsp3) is 0.250. The Bertz CT molecular complexity index is 600. The third-order valence-electron chi connectivity index (χ3n) is 2.52. The monoisotopic (exact) mass is 297 g/mol. The smallest absolute Gasteiger partial charge is 0.351 e. The van der Waals surface area contributed by atoms with Crippen molar-refractivity contribution in [3.8, 4) is 0 Å². The highest BCUT2D eigenvalue weighted by molar-refractivity contribution is 7.18. The number of esters is 1. The van der Waals surface area contributed by atoms with Gasteiger partial charge in [-0.25, -0.2) is 9.78 Å². The molecule has 0 radical (unpaired) electrons. The minimum absolute atomic E-state index is 0.158. The molecule has 0 bridgehead atoms. The minimum atomic E-state index is -0.476. The van der Waals surface area contributed by atoms with E-state index >= 15 is 0 Å². The van der Waals surface area contributed by atoms with Crippen LogP contribution < -0.4 is 5.32 Å². The van der Waals surface area contributed by atoms with Crippen LogP contribution in [0, 0.1) is 6.92 Å². The van der Waals surface area contributed by atoms with E-state index in [0.717, 1.165) is 11.1 Å². The Labute approximate surface area is 119 Å². The average molecular weight is 298 g/mol. The number of carbonyl (C=O) groups excluding carboxylic acids is 1. The number of hydrogen-bond donors (Lipinski definition) is 1. The molecule has 2 aromatic rings. The van der Waals surface area contributed by atoms with Gasteiger partial charge in [-0.2, -0.15) is 0 Å². The topological polar surface area (TPSA) is 64.1 Å². The number of rotatable bonds is 4. The Morgan fingerprint density at radius 2 is 2.37 bits per heavy atom. The van der Waals surface area contributed by atoms with Crippen molar-refractivity contribution in [2.45, 2.75) is 13.5 Å². The lowest BCUT2D eigenvalue weighted by atomic mass is 10.2. The maximum absolute atomic E-state index is 11.4. The number of pyridine rings is 1. The molecular weight excluding hydrogens is 286 g/mol. The molecule has 1 N–H and O–H groups in total. The second-order valence-electron chi connectivity index (χ2n) is 3.79. The number of aryl methyl sites for hydroxylation is 1. The van der Waals surface area contributed by atoms with Crippen molar-refractivity contribution >= 4 is 34.0 Å². The number of ether oxygens (including phenoxy) is 1. The molecule has 19 heavy (non-hydrogen) atoms. The molecule has 0 saturated carbocycles. The predicted octanol–water partition coefficient (Wildman–Crippen LogP) is 2.90. The van der Waals surface area contributed by atoms with Gasteiger partial charge in [0.25, 0.3) is 0 Å². The second-order valence-corrected chi connectivity index (χ2v) is 5.14. The molecular formula is C12H12ClN3O2S. The van der Waals surface area contributed by atoms with Gasteiger partial charge in [0.05, 0.1) is 7.11 Å². The van der Waals surface area contributed by atoms with E-state index in [2.05, 4.69) is 20.0 Å². The maximum Gasteiger partial charge on any atom is 0.351 e. The van der Waals surface area contributed by atoms with Gasteiger partial charge >= 0.3 is 5.97 Å². The van der Waals surface area contributed by atoms with E-state index in [4.69, 9.17) is 11.6 Å². The van der Waals surface area contributed by atoms with Gasteiger partial charge in [0, 0.05) is 18.9 Å². The largest absolute Gasteiger partial charge is 0.465 e. The lowest BCUT2D eigenvalue weighted by Gasteiger charge is -2.05. The van der Waals surface area contributed by atoms with E-state index in [9.17, 15) is 4.79 Å². The molecule has 0 saturated heterocycles. The first-order chi connectivity index (χ1) is 9.11. The SMILES string of the molecule is COC(=O)c1sc(NCc2ccncc2C)nc1Cl. The molecule has 2 rings (SSSR count). The average Bonchev–Trinajstić information content (AvgIpc) is 2.78. The summed E-state index contributed by atoms with van der Waals surface area (Å²) in [5.41, 5.74) is 2.20. The molecule has 5 nitrogen and oxygen atoms in total. The van der Waals surface area contributed by atoms with Crippen molar-refractivity contribution in [1.82, 2.24) is 9.97 Å². The van der Waals surface area contributed by atoms with Crippen molar-refractivity contribution in [1.29, 1.82) is 0 Å². The summed E-state index contributed by atoms with van der Waals surface area (Å²) in [6, 6.07) is 1.93.